The van der Waals surface area contributed by atoms with Crippen molar-refractivity contribution in [3.63, 3.8) is 0 Å². The van der Waals surface area contributed by atoms with Crippen LogP contribution in [0.3, 0.4) is 0 Å². The molecule has 1 saturated heterocycles. The van der Waals surface area contributed by atoms with Crippen LogP contribution in [0.15, 0.2) is 65.8 Å². The Kier molecular flexibility index (Phi) is 5.55. The number of benzene rings is 2. The van der Waals surface area contributed by atoms with Crippen LogP contribution in [0.4, 0.5) is 13.2 Å². The maximum absolute atomic E-state index is 13.9. The molecule has 11 heteroatoms. The maximum Gasteiger partial charge on any atom is 0.417 e. The van der Waals surface area contributed by atoms with E-state index < -0.39 is 43.7 Å². The molecule has 0 aliphatic carbocycles. The van der Waals surface area contributed by atoms with E-state index in [2.05, 4.69) is 10.3 Å². The molecule has 3 aromatic rings. The van der Waals surface area contributed by atoms with Gasteiger partial charge in [0.25, 0.3) is 0 Å². The average Bonchev–Trinajstić information content (AvgIpc) is 3.44. The van der Waals surface area contributed by atoms with E-state index in [9.17, 15) is 26.4 Å². The first-order valence-corrected chi connectivity index (χ1v) is 11.1. The van der Waals surface area contributed by atoms with Crippen LogP contribution in [0, 0.1) is 0 Å². The van der Waals surface area contributed by atoms with Crippen molar-refractivity contribution < 1.29 is 31.5 Å². The summed E-state index contributed by atoms with van der Waals surface area (Å²) in [4.78, 5) is 14.5. The molecule has 0 amide bonds. The fourth-order valence-corrected chi connectivity index (χ4v) is 5.62. The Morgan fingerprint density at radius 1 is 1.16 bits per heavy atom. The van der Waals surface area contributed by atoms with Crippen LogP contribution in [-0.2, 0) is 20.8 Å². The first kappa shape index (κ1) is 22.0. The highest BCUT2D eigenvalue weighted by molar-refractivity contribution is 7.92. The number of aliphatic carboxylic acids is 1. The lowest BCUT2D eigenvalue weighted by molar-refractivity contribution is -0.140. The molecule has 0 spiro atoms. The number of nitrogens with one attached hydrogen (secondary N) is 1. The van der Waals surface area contributed by atoms with Gasteiger partial charge < -0.3 is 10.4 Å². The van der Waals surface area contributed by atoms with Crippen molar-refractivity contribution >= 4 is 15.8 Å². The van der Waals surface area contributed by atoms with Crippen LogP contribution < -0.4 is 5.32 Å². The number of carbonyl (C=O) groups is 1. The van der Waals surface area contributed by atoms with E-state index in [-0.39, 0.29) is 18.7 Å². The number of carboxylic acids is 1. The molecule has 0 radical (unpaired) electrons. The van der Waals surface area contributed by atoms with Crippen LogP contribution in [0.5, 0.6) is 0 Å². The Hall–Kier alpha value is -3.18. The fraction of sp³-hybridized carbons (Fsp3) is 0.238. The van der Waals surface area contributed by atoms with Gasteiger partial charge in [-0.1, -0.05) is 30.3 Å². The van der Waals surface area contributed by atoms with Crippen molar-refractivity contribution in [1.29, 1.82) is 0 Å². The van der Waals surface area contributed by atoms with Crippen molar-refractivity contribution in [1.82, 2.24) is 14.9 Å². The van der Waals surface area contributed by atoms with Gasteiger partial charge in [0.2, 0.25) is 0 Å². The quantitative estimate of drug-likeness (QED) is 0.601. The van der Waals surface area contributed by atoms with Crippen LogP contribution in [0.1, 0.15) is 12.0 Å². The zero-order valence-corrected chi connectivity index (χ0v) is 17.3. The Morgan fingerprint density at radius 2 is 1.88 bits per heavy atom. The monoisotopic (exact) mass is 465 g/mol. The molecule has 32 heavy (non-hydrogen) atoms. The molecule has 0 saturated carbocycles. The number of nitrogens with zero attached hydrogens (tertiary/aromatic N) is 2. The second kappa shape index (κ2) is 8.06. The molecule has 2 aromatic carbocycles. The molecular weight excluding hydrogens is 447 g/mol. The first-order chi connectivity index (χ1) is 15.1. The normalized spacial score (nSPS) is 19.2. The van der Waals surface area contributed by atoms with E-state index in [1.165, 1.54) is 23.0 Å². The van der Waals surface area contributed by atoms with Crippen molar-refractivity contribution in [2.45, 2.75) is 28.8 Å². The number of imidazole rings is 1. The van der Waals surface area contributed by atoms with Gasteiger partial charge in [0.1, 0.15) is 11.9 Å². The lowest BCUT2D eigenvalue weighted by Crippen LogP contribution is -2.30. The minimum absolute atomic E-state index is 0.0978. The number of rotatable bonds is 5. The molecule has 2 atom stereocenters. The molecule has 1 aliphatic rings. The second-order valence-corrected chi connectivity index (χ2v) is 9.56. The van der Waals surface area contributed by atoms with Crippen LogP contribution in [-0.4, -0.2) is 46.9 Å². The van der Waals surface area contributed by atoms with Gasteiger partial charge in [-0.15, -0.1) is 0 Å². The predicted molar refractivity (Wildman–Crippen MR) is 109 cm³/mol. The Morgan fingerprint density at radius 3 is 2.50 bits per heavy atom. The highest BCUT2D eigenvalue weighted by Crippen LogP contribution is 2.38. The van der Waals surface area contributed by atoms with Crippen molar-refractivity contribution in [2.24, 2.45) is 0 Å². The summed E-state index contributed by atoms with van der Waals surface area (Å²) in [7, 11) is -4.44. The standard InChI is InChI=1S/C21H18F3N3O4S/c22-21(23,24)16-10-14(27-9-8-25-19(27)13-4-2-1-3-5-13)6-7-18(16)32(30,31)15-11-17(20(28)29)26-12-15/h1-10,15,17,26H,11-12H2,(H,28,29)/t15-,17+/m1/s1. The van der Waals surface area contributed by atoms with Crippen LogP contribution in [0.25, 0.3) is 17.1 Å². The molecule has 1 aliphatic heterocycles. The van der Waals surface area contributed by atoms with Gasteiger partial charge in [-0.3, -0.25) is 9.36 Å². The Labute approximate surface area is 181 Å². The number of alkyl halides is 3. The SMILES string of the molecule is O=C(O)[C@@H]1C[C@@H](S(=O)(=O)c2ccc(-n3ccnc3-c3ccccc3)cc2C(F)(F)F)CN1. The Bertz CT molecular complexity index is 1260. The van der Waals surface area contributed by atoms with Gasteiger partial charge in [0, 0.05) is 30.2 Å². The highest BCUT2D eigenvalue weighted by atomic mass is 32.2. The molecule has 7 nitrogen and oxygen atoms in total. The Balaban J connectivity index is 1.79. The van der Waals surface area contributed by atoms with Crippen LogP contribution >= 0.6 is 0 Å². The summed E-state index contributed by atoms with van der Waals surface area (Å²) in [5.41, 5.74) is -0.526. The zero-order chi connectivity index (χ0) is 23.1. The number of halogens is 3. The van der Waals surface area contributed by atoms with E-state index in [1.807, 2.05) is 0 Å². The summed E-state index contributed by atoms with van der Waals surface area (Å²) in [5, 5.41) is 10.3. The molecular formula is C21H18F3N3O4S. The largest absolute Gasteiger partial charge is 0.480 e. The summed E-state index contributed by atoms with van der Waals surface area (Å²) in [6, 6.07) is 10.7. The molecule has 1 fully saturated rings. The zero-order valence-electron chi connectivity index (χ0n) is 16.5. The average molecular weight is 465 g/mol. The lowest BCUT2D eigenvalue weighted by Gasteiger charge is -2.18. The van der Waals surface area contributed by atoms with Gasteiger partial charge in [-0.2, -0.15) is 13.2 Å². The summed E-state index contributed by atoms with van der Waals surface area (Å²) >= 11 is 0. The van der Waals surface area contributed by atoms with E-state index >= 15 is 0 Å². The van der Waals surface area contributed by atoms with Crippen molar-refractivity contribution in [2.75, 3.05) is 6.54 Å². The molecule has 2 heterocycles. The number of hydrogen-bond acceptors (Lipinski definition) is 5. The summed E-state index contributed by atoms with van der Waals surface area (Å²) in [6.45, 7) is -0.238. The predicted octanol–water partition coefficient (Wildman–Crippen LogP) is 3.15. The van der Waals surface area contributed by atoms with Crippen molar-refractivity contribution in [3.8, 4) is 17.1 Å². The first-order valence-electron chi connectivity index (χ1n) is 9.59. The number of carboxylic acid groups (broad SMARTS) is 1. The highest BCUT2D eigenvalue weighted by Gasteiger charge is 2.43. The molecule has 0 bridgehead atoms. The van der Waals surface area contributed by atoms with Gasteiger partial charge in [-0.25, -0.2) is 13.4 Å². The van der Waals surface area contributed by atoms with Crippen molar-refractivity contribution in [3.05, 3.63) is 66.5 Å². The van der Waals surface area contributed by atoms with E-state index in [1.54, 1.807) is 30.3 Å². The third-order valence-corrected chi connectivity index (χ3v) is 7.56. The van der Waals surface area contributed by atoms with Crippen LogP contribution in [0.2, 0.25) is 0 Å². The van der Waals surface area contributed by atoms with Gasteiger partial charge in [-0.05, 0) is 24.6 Å². The lowest BCUT2D eigenvalue weighted by atomic mass is 10.1. The summed E-state index contributed by atoms with van der Waals surface area (Å²) in [5.74, 6) is -0.846. The smallest absolute Gasteiger partial charge is 0.417 e. The van der Waals surface area contributed by atoms with Gasteiger partial charge in [0.05, 0.1) is 15.7 Å². The summed E-state index contributed by atoms with van der Waals surface area (Å²) < 4.78 is 69.2. The minimum atomic E-state index is -4.94. The topological polar surface area (TPSA) is 101 Å². The van der Waals surface area contributed by atoms with E-state index in [0.29, 0.717) is 11.4 Å². The second-order valence-electron chi connectivity index (χ2n) is 7.37. The van der Waals surface area contributed by atoms with Gasteiger partial charge >= 0.3 is 12.1 Å². The molecule has 168 valence electrons. The molecule has 4 rings (SSSR count). The fourth-order valence-electron chi connectivity index (χ4n) is 3.76. The number of sulfone groups is 1. The van der Waals surface area contributed by atoms with E-state index in [0.717, 1.165) is 12.1 Å². The third-order valence-electron chi connectivity index (χ3n) is 5.35. The molecule has 0 unspecified atom stereocenters. The summed E-state index contributed by atoms with van der Waals surface area (Å²) in [6.07, 6.45) is -2.32. The third kappa shape index (κ3) is 4.00. The number of hydrogen-bond donors (Lipinski definition) is 2. The van der Waals surface area contributed by atoms with E-state index in [4.69, 9.17) is 5.11 Å². The number of aromatic nitrogens is 2. The van der Waals surface area contributed by atoms with Gasteiger partial charge in [0.15, 0.2) is 9.84 Å². The molecule has 2 N–H and O–H groups in total. The maximum atomic E-state index is 13.9. The minimum Gasteiger partial charge on any atom is -0.480 e. The molecule has 1 aromatic heterocycles.